The van der Waals surface area contributed by atoms with Crippen LogP contribution < -0.4 is 10.5 Å². The average Bonchev–Trinajstić information content (AvgIpc) is 2.36. The van der Waals surface area contributed by atoms with Crippen LogP contribution in [0.2, 0.25) is 5.02 Å². The molecule has 1 aromatic rings. The van der Waals surface area contributed by atoms with Crippen LogP contribution in [0.4, 0.5) is 5.69 Å². The van der Waals surface area contributed by atoms with E-state index in [1.54, 1.807) is 6.07 Å². The Morgan fingerprint density at radius 1 is 1.45 bits per heavy atom. The van der Waals surface area contributed by atoms with Crippen molar-refractivity contribution >= 4 is 27.3 Å². The first-order valence-corrected chi connectivity index (χ1v) is 8.39. The summed E-state index contributed by atoms with van der Waals surface area (Å²) in [4.78, 5) is 2.05. The van der Waals surface area contributed by atoms with E-state index in [-0.39, 0.29) is 15.6 Å². The fourth-order valence-corrected chi connectivity index (χ4v) is 3.46. The van der Waals surface area contributed by atoms with Crippen molar-refractivity contribution in [1.82, 2.24) is 9.62 Å². The van der Waals surface area contributed by atoms with Crippen molar-refractivity contribution in [2.45, 2.75) is 31.2 Å². The van der Waals surface area contributed by atoms with Gasteiger partial charge in [-0.05, 0) is 32.5 Å². The number of hydrogen-bond acceptors (Lipinski definition) is 4. The van der Waals surface area contributed by atoms with Gasteiger partial charge in [-0.3, -0.25) is 0 Å². The van der Waals surface area contributed by atoms with Crippen molar-refractivity contribution in [3.63, 3.8) is 0 Å². The van der Waals surface area contributed by atoms with Gasteiger partial charge < -0.3 is 10.6 Å². The second-order valence-corrected chi connectivity index (χ2v) is 6.90. The lowest BCUT2D eigenvalue weighted by Gasteiger charge is -2.23. The molecular weight excluding hydrogens is 298 g/mol. The van der Waals surface area contributed by atoms with E-state index in [4.69, 9.17) is 17.3 Å². The Morgan fingerprint density at radius 3 is 2.65 bits per heavy atom. The highest BCUT2D eigenvalue weighted by molar-refractivity contribution is 7.89. The highest BCUT2D eigenvalue weighted by Crippen LogP contribution is 2.26. The number of nitrogen functional groups attached to an aromatic ring is 1. The van der Waals surface area contributed by atoms with Gasteiger partial charge in [0.1, 0.15) is 4.90 Å². The summed E-state index contributed by atoms with van der Waals surface area (Å²) in [5.74, 6) is 0. The molecule has 114 valence electrons. The highest BCUT2D eigenvalue weighted by Gasteiger charge is 2.20. The maximum atomic E-state index is 12.2. The molecule has 1 unspecified atom stereocenters. The van der Waals surface area contributed by atoms with E-state index in [9.17, 15) is 8.42 Å². The predicted molar refractivity (Wildman–Crippen MR) is 83.4 cm³/mol. The summed E-state index contributed by atoms with van der Waals surface area (Å²) < 4.78 is 26.9. The molecule has 1 atom stereocenters. The van der Waals surface area contributed by atoms with Crippen molar-refractivity contribution in [1.29, 1.82) is 0 Å². The molecule has 0 saturated heterocycles. The number of nitrogens with zero attached hydrogens (tertiary/aromatic N) is 1. The van der Waals surface area contributed by atoms with Crippen LogP contribution in [-0.4, -0.2) is 39.5 Å². The Labute approximate surface area is 126 Å². The summed E-state index contributed by atoms with van der Waals surface area (Å²) in [6.45, 7) is 5.13. The fourth-order valence-electron chi connectivity index (χ4n) is 1.77. The topological polar surface area (TPSA) is 75.4 Å². The number of rotatable bonds is 7. The molecule has 0 bridgehead atoms. The number of sulfonamides is 1. The molecule has 0 radical (unpaired) electrons. The molecule has 1 rings (SSSR count). The SMILES string of the molecule is CCC(C)N(C)CCNS(=O)(=O)c1c(N)cccc1Cl. The maximum absolute atomic E-state index is 12.2. The van der Waals surface area contributed by atoms with Crippen LogP contribution in [0.3, 0.4) is 0 Å². The van der Waals surface area contributed by atoms with Crippen molar-refractivity contribution in [2.75, 3.05) is 25.9 Å². The zero-order valence-corrected chi connectivity index (χ0v) is 13.6. The Hall–Kier alpha value is -0.820. The smallest absolute Gasteiger partial charge is 0.244 e. The van der Waals surface area contributed by atoms with Crippen molar-refractivity contribution in [2.24, 2.45) is 0 Å². The van der Waals surface area contributed by atoms with Crippen LogP contribution in [0.25, 0.3) is 0 Å². The van der Waals surface area contributed by atoms with Crippen LogP contribution in [0.5, 0.6) is 0 Å². The largest absolute Gasteiger partial charge is 0.398 e. The van der Waals surface area contributed by atoms with Crippen molar-refractivity contribution in [3.05, 3.63) is 23.2 Å². The number of nitrogens with one attached hydrogen (secondary N) is 1. The Kier molecular flexibility index (Phi) is 6.26. The molecular formula is C13H22ClN3O2S. The lowest BCUT2D eigenvalue weighted by Crippen LogP contribution is -2.37. The molecule has 0 aromatic heterocycles. The number of halogens is 1. The number of nitrogens with two attached hydrogens (primary N) is 1. The summed E-state index contributed by atoms with van der Waals surface area (Å²) in [6, 6.07) is 5.06. The molecule has 0 amide bonds. The average molecular weight is 320 g/mol. The molecule has 7 heteroatoms. The van der Waals surface area contributed by atoms with E-state index in [1.165, 1.54) is 12.1 Å². The van der Waals surface area contributed by atoms with Crippen molar-refractivity contribution < 1.29 is 8.42 Å². The summed E-state index contributed by atoms with van der Waals surface area (Å²) >= 11 is 5.92. The van der Waals surface area contributed by atoms with E-state index in [2.05, 4.69) is 23.5 Å². The highest BCUT2D eigenvalue weighted by atomic mass is 35.5. The van der Waals surface area contributed by atoms with Gasteiger partial charge in [-0.25, -0.2) is 13.1 Å². The molecule has 0 spiro atoms. The normalized spacial score (nSPS) is 13.7. The zero-order chi connectivity index (χ0) is 15.3. The van der Waals surface area contributed by atoms with Gasteiger partial charge >= 0.3 is 0 Å². The van der Waals surface area contributed by atoms with E-state index in [1.807, 2.05) is 7.05 Å². The van der Waals surface area contributed by atoms with Gasteiger partial charge in [0.25, 0.3) is 0 Å². The van der Waals surface area contributed by atoms with Crippen molar-refractivity contribution in [3.8, 4) is 0 Å². The standard InChI is InChI=1S/C13H22ClN3O2S/c1-4-10(2)17(3)9-8-16-20(18,19)13-11(14)6-5-7-12(13)15/h5-7,10,16H,4,8-9,15H2,1-3H3. The van der Waals surface area contributed by atoms with Crippen LogP contribution in [0.15, 0.2) is 23.1 Å². The summed E-state index contributed by atoms with van der Waals surface area (Å²) in [5.41, 5.74) is 5.85. The second kappa shape index (κ2) is 7.26. The Morgan fingerprint density at radius 2 is 2.10 bits per heavy atom. The van der Waals surface area contributed by atoms with Gasteiger partial charge in [0.2, 0.25) is 10.0 Å². The summed E-state index contributed by atoms with van der Waals surface area (Å²) in [7, 11) is -1.72. The minimum atomic E-state index is -3.68. The van der Waals surface area contributed by atoms with Crippen LogP contribution in [0, 0.1) is 0 Å². The number of likely N-dealkylation sites (N-methyl/N-ethyl adjacent to an activating group) is 1. The minimum absolute atomic E-state index is 0.0483. The summed E-state index contributed by atoms with van der Waals surface area (Å²) in [6.07, 6.45) is 1.01. The van der Waals surface area contributed by atoms with E-state index < -0.39 is 10.0 Å². The Bertz CT molecular complexity index is 528. The molecule has 3 N–H and O–H groups in total. The molecule has 0 aliphatic heterocycles. The number of anilines is 1. The molecule has 0 saturated carbocycles. The van der Waals surface area contributed by atoms with Crippen LogP contribution in [0.1, 0.15) is 20.3 Å². The van der Waals surface area contributed by atoms with Crippen LogP contribution in [-0.2, 0) is 10.0 Å². The maximum Gasteiger partial charge on any atom is 0.244 e. The van der Waals surface area contributed by atoms with E-state index in [0.717, 1.165) is 6.42 Å². The molecule has 20 heavy (non-hydrogen) atoms. The van der Waals surface area contributed by atoms with Crippen LogP contribution >= 0.6 is 11.6 Å². The molecule has 0 fully saturated rings. The van der Waals surface area contributed by atoms with E-state index >= 15 is 0 Å². The van der Waals surface area contributed by atoms with Gasteiger partial charge in [-0.2, -0.15) is 0 Å². The van der Waals surface area contributed by atoms with E-state index in [0.29, 0.717) is 19.1 Å². The van der Waals surface area contributed by atoms with Gasteiger partial charge in [0, 0.05) is 19.1 Å². The summed E-state index contributed by atoms with van der Waals surface area (Å²) in [5, 5.41) is 0.132. The van der Waals surface area contributed by atoms with Gasteiger partial charge in [-0.1, -0.05) is 24.6 Å². The van der Waals surface area contributed by atoms with Gasteiger partial charge in [0.15, 0.2) is 0 Å². The monoisotopic (exact) mass is 319 g/mol. The quantitative estimate of drug-likeness (QED) is 0.753. The molecule has 0 heterocycles. The molecule has 1 aromatic carbocycles. The third-order valence-electron chi connectivity index (χ3n) is 3.37. The zero-order valence-electron chi connectivity index (χ0n) is 12.1. The fraction of sp³-hybridized carbons (Fsp3) is 0.538. The first kappa shape index (κ1) is 17.2. The first-order valence-electron chi connectivity index (χ1n) is 6.53. The third kappa shape index (κ3) is 4.34. The lowest BCUT2D eigenvalue weighted by molar-refractivity contribution is 0.256. The predicted octanol–water partition coefficient (Wildman–Crippen LogP) is 1.93. The number of hydrogen-bond donors (Lipinski definition) is 2. The second-order valence-electron chi connectivity index (χ2n) is 4.79. The van der Waals surface area contributed by atoms with Gasteiger partial charge in [-0.15, -0.1) is 0 Å². The molecule has 0 aliphatic carbocycles. The third-order valence-corrected chi connectivity index (χ3v) is 5.37. The lowest BCUT2D eigenvalue weighted by atomic mass is 10.2. The number of benzene rings is 1. The molecule has 5 nitrogen and oxygen atoms in total. The molecule has 0 aliphatic rings. The Balaban J connectivity index is 2.72. The first-order chi connectivity index (χ1) is 9.29. The minimum Gasteiger partial charge on any atom is -0.398 e. The van der Waals surface area contributed by atoms with Gasteiger partial charge in [0.05, 0.1) is 10.7 Å².